The van der Waals surface area contributed by atoms with Crippen LogP contribution in [0.15, 0.2) is 30.5 Å². The van der Waals surface area contributed by atoms with E-state index in [1.54, 1.807) is 0 Å². The van der Waals surface area contributed by atoms with E-state index in [2.05, 4.69) is 10.1 Å². The summed E-state index contributed by atoms with van der Waals surface area (Å²) in [6.07, 6.45) is -1.13. The van der Waals surface area contributed by atoms with Gasteiger partial charge in [0.25, 0.3) is 0 Å². The topological polar surface area (TPSA) is 49.2 Å². The molecule has 1 aliphatic rings. The normalized spacial score (nSPS) is 26.0. The van der Waals surface area contributed by atoms with Crippen LogP contribution in [0, 0.1) is 6.85 Å². The van der Waals surface area contributed by atoms with Gasteiger partial charge in [-0.25, -0.2) is 9.67 Å². The molecule has 0 saturated carbocycles. The summed E-state index contributed by atoms with van der Waals surface area (Å²) in [4.78, 5) is 3.77. The van der Waals surface area contributed by atoms with Crippen molar-refractivity contribution in [1.29, 1.82) is 0 Å². The summed E-state index contributed by atoms with van der Waals surface area (Å²) in [6, 6.07) is -1.67. The Hall–Kier alpha value is -1.66. The van der Waals surface area contributed by atoms with E-state index in [9.17, 15) is 0 Å². The zero-order valence-corrected chi connectivity index (χ0v) is 12.2. The highest BCUT2D eigenvalue weighted by Crippen LogP contribution is 2.36. The molecular formula is C15H20BN3O2. The summed E-state index contributed by atoms with van der Waals surface area (Å²) in [6.45, 7) is 4.46. The molecule has 1 saturated heterocycles. The lowest BCUT2D eigenvalue weighted by atomic mass is 9.85. The first-order valence-electron chi connectivity index (χ1n) is 10.5. The highest BCUT2D eigenvalue weighted by Gasteiger charge is 2.52. The summed E-state index contributed by atoms with van der Waals surface area (Å²) >= 11 is 0. The molecule has 0 bridgehead atoms. The highest BCUT2D eigenvalue weighted by atomic mass is 16.7. The minimum atomic E-state index is -2.82. The molecule has 3 rings (SSSR count). The molecule has 21 heavy (non-hydrogen) atoms. The Kier molecular flexibility index (Phi) is 1.68. The molecule has 0 atom stereocenters. The van der Waals surface area contributed by atoms with Crippen LogP contribution >= 0.6 is 0 Å². The highest BCUT2D eigenvalue weighted by molar-refractivity contribution is 6.61. The molecule has 0 aromatic carbocycles. The van der Waals surface area contributed by atoms with E-state index < -0.39 is 61.0 Å². The molecule has 0 N–H and O–H groups in total. The summed E-state index contributed by atoms with van der Waals surface area (Å²) in [5.74, 6) is -0.418. The molecule has 110 valence electrons. The monoisotopic (exact) mass is 293 g/mol. The molecule has 0 unspecified atom stereocenters. The second kappa shape index (κ2) is 4.68. The fraction of sp³-hybridized carbons (Fsp3) is 0.467. The second-order valence-corrected chi connectivity index (χ2v) is 5.79. The Morgan fingerprint density at radius 2 is 1.95 bits per heavy atom. The third-order valence-electron chi connectivity index (χ3n) is 3.75. The van der Waals surface area contributed by atoms with Gasteiger partial charge in [-0.15, -0.1) is 0 Å². The van der Waals surface area contributed by atoms with Gasteiger partial charge in [0.05, 0.1) is 23.6 Å². The number of rotatable bonds is 2. The molecule has 0 amide bonds. The molecule has 1 fully saturated rings. The van der Waals surface area contributed by atoms with Crippen molar-refractivity contribution >= 4 is 12.7 Å². The van der Waals surface area contributed by atoms with Gasteiger partial charge in [-0.2, -0.15) is 5.10 Å². The number of hydrogen-bond acceptors (Lipinski definition) is 4. The maximum Gasteiger partial charge on any atom is 0.516 e. The van der Waals surface area contributed by atoms with Crippen molar-refractivity contribution in [3.8, 4) is 5.82 Å². The fourth-order valence-corrected chi connectivity index (χ4v) is 1.84. The second-order valence-electron chi connectivity index (χ2n) is 5.79. The van der Waals surface area contributed by atoms with Crippen LogP contribution in [-0.4, -0.2) is 33.1 Å². The Morgan fingerprint density at radius 3 is 2.62 bits per heavy atom. The van der Waals surface area contributed by atoms with Gasteiger partial charge in [-0.3, -0.25) is 0 Å². The lowest BCUT2D eigenvalue weighted by Crippen LogP contribution is -2.41. The van der Waals surface area contributed by atoms with E-state index >= 15 is 0 Å². The fourth-order valence-electron chi connectivity index (χ4n) is 1.84. The number of nitrogens with zero attached hydrogens (tertiary/aromatic N) is 3. The van der Waals surface area contributed by atoms with Crippen molar-refractivity contribution in [2.24, 2.45) is 0 Å². The van der Waals surface area contributed by atoms with Crippen LogP contribution < -0.4 is 5.59 Å². The third kappa shape index (κ3) is 2.49. The van der Waals surface area contributed by atoms with Gasteiger partial charge < -0.3 is 9.31 Å². The van der Waals surface area contributed by atoms with Crippen molar-refractivity contribution in [2.75, 3.05) is 0 Å². The summed E-state index contributed by atoms with van der Waals surface area (Å²) in [7, 11) is -1.04. The van der Waals surface area contributed by atoms with E-state index in [1.165, 1.54) is 0 Å². The van der Waals surface area contributed by atoms with Gasteiger partial charge in [0.15, 0.2) is 5.82 Å². The van der Waals surface area contributed by atoms with Crippen molar-refractivity contribution in [1.82, 2.24) is 14.8 Å². The molecule has 3 heterocycles. The first-order chi connectivity index (χ1) is 13.1. The molecule has 1 aliphatic heterocycles. The average molecular weight is 293 g/mol. The van der Waals surface area contributed by atoms with Crippen molar-refractivity contribution < 1.29 is 20.3 Å². The van der Waals surface area contributed by atoms with Gasteiger partial charge in [0.1, 0.15) is 0 Å². The molecule has 2 aromatic rings. The van der Waals surface area contributed by atoms with Crippen molar-refractivity contribution in [3.05, 3.63) is 36.0 Å². The Balaban J connectivity index is 2.16. The van der Waals surface area contributed by atoms with Crippen LogP contribution in [0.4, 0.5) is 0 Å². The SMILES string of the molecule is [2H]c1nc(-n2nc(B3OC(C)(C)C(C)(C)O3)c([2H])c2[2H])c([2H])c(C([2H])([2H])[2H])c1[2H]. The van der Waals surface area contributed by atoms with Gasteiger partial charge in [0.2, 0.25) is 0 Å². The van der Waals surface area contributed by atoms with Gasteiger partial charge in [-0.05, 0) is 58.2 Å². The maximum atomic E-state index is 8.22. The van der Waals surface area contributed by atoms with E-state index in [0.717, 1.165) is 4.68 Å². The van der Waals surface area contributed by atoms with Gasteiger partial charge in [0, 0.05) is 16.5 Å². The number of aromatic nitrogens is 3. The number of hydrogen-bond donors (Lipinski definition) is 0. The predicted molar refractivity (Wildman–Crippen MR) is 81.8 cm³/mol. The first-order valence-corrected chi connectivity index (χ1v) is 6.49. The lowest BCUT2D eigenvalue weighted by molar-refractivity contribution is 0.00578. The Labute approximate surface area is 136 Å². The molecule has 0 radical (unpaired) electrons. The van der Waals surface area contributed by atoms with Crippen LogP contribution in [0.3, 0.4) is 0 Å². The smallest absolute Gasteiger partial charge is 0.398 e. The first kappa shape index (κ1) is 7.56. The zero-order chi connectivity index (χ0) is 22.1. The zero-order valence-electron chi connectivity index (χ0n) is 20.2. The lowest BCUT2D eigenvalue weighted by Gasteiger charge is -2.32. The average Bonchev–Trinajstić information content (AvgIpc) is 2.95. The van der Waals surface area contributed by atoms with Crippen LogP contribution in [0.1, 0.15) is 44.2 Å². The van der Waals surface area contributed by atoms with Crippen LogP contribution in [0.25, 0.3) is 5.82 Å². The third-order valence-corrected chi connectivity index (χ3v) is 3.75. The predicted octanol–water partition coefficient (Wildman–Crippen LogP) is 1.87. The van der Waals surface area contributed by atoms with E-state index in [1.807, 2.05) is 27.7 Å². The van der Waals surface area contributed by atoms with E-state index in [4.69, 9.17) is 20.3 Å². The van der Waals surface area contributed by atoms with Crippen LogP contribution in [0.2, 0.25) is 0 Å². The minimum absolute atomic E-state index is 0.0215. The largest absolute Gasteiger partial charge is 0.516 e. The van der Waals surface area contributed by atoms with Crippen LogP contribution in [-0.2, 0) is 9.31 Å². The van der Waals surface area contributed by atoms with Gasteiger partial charge in [-0.1, -0.05) is 0 Å². The van der Waals surface area contributed by atoms with Crippen molar-refractivity contribution in [2.45, 2.75) is 45.7 Å². The van der Waals surface area contributed by atoms with Crippen molar-refractivity contribution in [3.63, 3.8) is 0 Å². The van der Waals surface area contributed by atoms with Gasteiger partial charge >= 0.3 is 7.12 Å². The maximum absolute atomic E-state index is 8.22. The van der Waals surface area contributed by atoms with Crippen LogP contribution in [0.5, 0.6) is 0 Å². The molecule has 0 aliphatic carbocycles. The minimum Gasteiger partial charge on any atom is -0.398 e. The van der Waals surface area contributed by atoms with E-state index in [-0.39, 0.29) is 11.6 Å². The molecule has 6 heteroatoms. The Morgan fingerprint density at radius 1 is 1.24 bits per heavy atom. The molecule has 2 aromatic heterocycles. The summed E-state index contributed by atoms with van der Waals surface area (Å²) in [5, 5.41) is 4.13. The molecule has 5 nitrogen and oxygen atoms in total. The summed E-state index contributed by atoms with van der Waals surface area (Å²) < 4.78 is 75.4. The van der Waals surface area contributed by atoms with E-state index in [0.29, 0.717) is 0 Å². The molecule has 0 spiro atoms. The number of pyridine rings is 1. The summed E-state index contributed by atoms with van der Waals surface area (Å²) in [5.41, 5.74) is -2.09. The quantitative estimate of drug-likeness (QED) is 0.793. The Bertz CT molecular complexity index is 973. The molecular weight excluding hydrogens is 265 g/mol. The standard InChI is InChI=1S/C15H20BN3O2/c1-11-6-8-17-13(10-11)19-9-7-12(18-19)16-20-14(2,3)15(4,5)21-16/h6-10H,1-5H3/i1D3,6D,7D,8D,9D,10D.